The third-order valence-corrected chi connectivity index (χ3v) is 5.84. The van der Waals surface area contributed by atoms with Gasteiger partial charge in [-0.2, -0.15) is 0 Å². The molecule has 0 atom stereocenters. The monoisotopic (exact) mass is 548 g/mol. The Morgan fingerprint density at radius 1 is 1.08 bits per heavy atom. The molecule has 39 heavy (non-hydrogen) atoms. The van der Waals surface area contributed by atoms with Gasteiger partial charge in [0.1, 0.15) is 18.2 Å². The molecule has 0 aliphatic carbocycles. The highest BCUT2D eigenvalue weighted by atomic mass is 16.5. The number of benzene rings is 1. The molecule has 0 unspecified atom stereocenters. The van der Waals surface area contributed by atoms with Gasteiger partial charge in [-0.15, -0.1) is 0 Å². The van der Waals surface area contributed by atoms with Crippen molar-refractivity contribution in [1.82, 2.24) is 14.9 Å². The number of carbonyl (C=O) groups is 3. The van der Waals surface area contributed by atoms with E-state index in [1.54, 1.807) is 0 Å². The quantitative estimate of drug-likeness (QED) is 0.281. The number of carboxylic acid groups (broad SMARTS) is 3. The largest absolute Gasteiger partial charge is 0.492 e. The molecule has 0 radical (unpaired) electrons. The highest BCUT2D eigenvalue weighted by Crippen LogP contribution is 2.23. The van der Waals surface area contributed by atoms with Crippen molar-refractivity contribution in [2.75, 3.05) is 50.9 Å². The van der Waals surface area contributed by atoms with Gasteiger partial charge in [0.05, 0.1) is 26.1 Å². The first-order valence-corrected chi connectivity index (χ1v) is 12.5. The van der Waals surface area contributed by atoms with Crippen molar-refractivity contribution in [2.24, 2.45) is 0 Å². The number of nitrogens with zero attached hydrogens (tertiary/aromatic N) is 4. The van der Waals surface area contributed by atoms with Gasteiger partial charge >= 0.3 is 17.9 Å². The van der Waals surface area contributed by atoms with Gasteiger partial charge < -0.3 is 34.8 Å². The summed E-state index contributed by atoms with van der Waals surface area (Å²) in [6, 6.07) is 8.30. The molecule has 1 fully saturated rings. The minimum absolute atomic E-state index is 0.696. The maximum Gasteiger partial charge on any atom is 0.336 e. The Hall–Kier alpha value is -3.81. The predicted octanol–water partition coefficient (Wildman–Crippen LogP) is 1.27. The van der Waals surface area contributed by atoms with Crippen LogP contribution in [0.5, 0.6) is 5.75 Å². The van der Waals surface area contributed by atoms with E-state index in [2.05, 4.69) is 38.8 Å². The lowest BCUT2D eigenvalue weighted by atomic mass is 9.96. The number of hydrogen-bond donors (Lipinski definition) is 4. The number of ether oxygens (including phenoxy) is 2. The molecule has 1 aliphatic rings. The third kappa shape index (κ3) is 11.2. The summed E-state index contributed by atoms with van der Waals surface area (Å²) in [7, 11) is 0. The Balaban J connectivity index is 0.000000349. The van der Waals surface area contributed by atoms with Crippen LogP contribution in [0.25, 0.3) is 0 Å². The molecular formula is C26H36N4O9. The minimum Gasteiger partial charge on any atom is -0.492 e. The molecule has 214 valence electrons. The standard InChI is InChI=1S/C20H28N4O2.C6H8O7/c1-3-24(16-18-14-21-17(2)22-15-18)19-5-4-6-20(13-19)26-12-9-23-7-10-25-11-8-23;7-3(8)1-6(13,5(11)12)2-4(9)10/h4-6,13-15H,3,7-12,16H2,1-2H3;13H,1-2H2,(H,7,8)(H,9,10)(H,11,12). The fourth-order valence-electron chi connectivity index (χ4n) is 3.71. The van der Waals surface area contributed by atoms with Gasteiger partial charge in [-0.25, -0.2) is 14.8 Å². The molecule has 13 nitrogen and oxygen atoms in total. The van der Waals surface area contributed by atoms with Crippen LogP contribution in [0.15, 0.2) is 36.7 Å². The SMILES string of the molecule is CCN(Cc1cnc(C)nc1)c1cccc(OCCN2CCOCC2)c1.O=C(O)CC(O)(CC(=O)O)C(=O)O. The lowest BCUT2D eigenvalue weighted by molar-refractivity contribution is -0.170. The Labute approximate surface area is 226 Å². The fourth-order valence-corrected chi connectivity index (χ4v) is 3.71. The van der Waals surface area contributed by atoms with Gasteiger partial charge in [-0.05, 0) is 26.0 Å². The molecule has 0 saturated carbocycles. The number of aryl methyl sites for hydroxylation is 1. The van der Waals surface area contributed by atoms with Gasteiger partial charge in [0, 0.05) is 62.4 Å². The van der Waals surface area contributed by atoms with E-state index in [0.29, 0.717) is 6.61 Å². The molecule has 0 bridgehead atoms. The summed E-state index contributed by atoms with van der Waals surface area (Å²) in [6.45, 7) is 11.0. The number of hydrogen-bond acceptors (Lipinski definition) is 10. The maximum atomic E-state index is 10.3. The summed E-state index contributed by atoms with van der Waals surface area (Å²) >= 11 is 0. The Morgan fingerprint density at radius 2 is 1.69 bits per heavy atom. The van der Waals surface area contributed by atoms with Crippen LogP contribution in [-0.2, 0) is 25.7 Å². The summed E-state index contributed by atoms with van der Waals surface area (Å²) < 4.78 is 11.4. The minimum atomic E-state index is -2.74. The second kappa shape index (κ2) is 15.6. The zero-order valence-electron chi connectivity index (χ0n) is 22.2. The Morgan fingerprint density at radius 3 is 2.23 bits per heavy atom. The van der Waals surface area contributed by atoms with Gasteiger partial charge in [0.2, 0.25) is 0 Å². The van der Waals surface area contributed by atoms with Gasteiger partial charge in [0.15, 0.2) is 5.60 Å². The first kappa shape index (κ1) is 31.4. The summed E-state index contributed by atoms with van der Waals surface area (Å²) in [5.41, 5.74) is -0.481. The molecule has 1 aliphatic heterocycles. The molecule has 4 N–H and O–H groups in total. The van der Waals surface area contributed by atoms with Crippen LogP contribution >= 0.6 is 0 Å². The fraction of sp³-hybridized carbons (Fsp3) is 0.500. The number of morpholine rings is 1. The first-order chi connectivity index (χ1) is 18.5. The Bertz CT molecular complexity index is 1060. The normalized spacial score (nSPS) is 13.6. The van der Waals surface area contributed by atoms with Crippen molar-refractivity contribution in [3.63, 3.8) is 0 Å². The lowest BCUT2D eigenvalue weighted by Gasteiger charge is -2.26. The molecule has 1 saturated heterocycles. The summed E-state index contributed by atoms with van der Waals surface area (Å²) in [5.74, 6) is -3.31. The molecule has 2 heterocycles. The van der Waals surface area contributed by atoms with Crippen molar-refractivity contribution in [1.29, 1.82) is 0 Å². The second-order valence-corrected chi connectivity index (χ2v) is 8.93. The first-order valence-electron chi connectivity index (χ1n) is 12.5. The van der Waals surface area contributed by atoms with Crippen molar-refractivity contribution in [3.8, 4) is 5.75 Å². The van der Waals surface area contributed by atoms with Gasteiger partial charge in [-0.1, -0.05) is 6.07 Å². The zero-order valence-corrected chi connectivity index (χ0v) is 22.2. The van der Waals surface area contributed by atoms with Crippen LogP contribution in [0.2, 0.25) is 0 Å². The van der Waals surface area contributed by atoms with Crippen LogP contribution in [-0.4, -0.2) is 105 Å². The van der Waals surface area contributed by atoms with E-state index in [-0.39, 0.29) is 0 Å². The van der Waals surface area contributed by atoms with Crippen molar-refractivity contribution in [3.05, 3.63) is 48.0 Å². The van der Waals surface area contributed by atoms with E-state index in [1.807, 2.05) is 31.5 Å². The van der Waals surface area contributed by atoms with Gasteiger partial charge in [0.25, 0.3) is 0 Å². The summed E-state index contributed by atoms with van der Waals surface area (Å²) in [4.78, 5) is 43.7. The molecule has 13 heteroatoms. The van der Waals surface area contributed by atoms with E-state index in [4.69, 9.17) is 29.9 Å². The molecule has 3 rings (SSSR count). The van der Waals surface area contributed by atoms with E-state index in [1.165, 1.54) is 0 Å². The summed E-state index contributed by atoms with van der Waals surface area (Å²) in [5, 5.41) is 33.8. The molecule has 0 amide bonds. The number of anilines is 1. The third-order valence-electron chi connectivity index (χ3n) is 5.84. The number of carboxylic acids is 3. The van der Waals surface area contributed by atoms with Crippen LogP contribution in [0.3, 0.4) is 0 Å². The lowest BCUT2D eigenvalue weighted by Crippen LogP contribution is -2.42. The van der Waals surface area contributed by atoms with E-state index in [0.717, 1.165) is 68.8 Å². The Kier molecular flexibility index (Phi) is 12.5. The predicted molar refractivity (Wildman–Crippen MR) is 140 cm³/mol. The molecular weight excluding hydrogens is 512 g/mol. The maximum absolute atomic E-state index is 10.3. The van der Waals surface area contributed by atoms with Crippen molar-refractivity contribution >= 4 is 23.6 Å². The van der Waals surface area contributed by atoms with Crippen LogP contribution in [0.4, 0.5) is 5.69 Å². The zero-order chi connectivity index (χ0) is 28.8. The average molecular weight is 549 g/mol. The smallest absolute Gasteiger partial charge is 0.336 e. The van der Waals surface area contributed by atoms with Crippen LogP contribution < -0.4 is 9.64 Å². The van der Waals surface area contributed by atoms with Crippen molar-refractivity contribution < 1.29 is 44.3 Å². The molecule has 0 spiro atoms. The van der Waals surface area contributed by atoms with Crippen molar-refractivity contribution in [2.45, 2.75) is 38.8 Å². The van der Waals surface area contributed by atoms with E-state index < -0.39 is 36.4 Å². The molecule has 2 aromatic rings. The highest BCUT2D eigenvalue weighted by molar-refractivity contribution is 5.88. The second-order valence-electron chi connectivity index (χ2n) is 8.93. The number of aliphatic carboxylic acids is 3. The molecule has 1 aromatic carbocycles. The number of rotatable bonds is 13. The molecule has 1 aromatic heterocycles. The van der Waals surface area contributed by atoms with E-state index in [9.17, 15) is 14.4 Å². The van der Waals surface area contributed by atoms with Crippen LogP contribution in [0, 0.1) is 6.92 Å². The number of aliphatic hydroxyl groups is 1. The average Bonchev–Trinajstić information content (AvgIpc) is 2.88. The highest BCUT2D eigenvalue weighted by Gasteiger charge is 2.40. The number of aromatic nitrogens is 2. The topological polar surface area (TPSA) is 183 Å². The van der Waals surface area contributed by atoms with E-state index >= 15 is 0 Å². The summed E-state index contributed by atoms with van der Waals surface area (Å²) in [6.07, 6.45) is 1.50. The van der Waals surface area contributed by atoms with Crippen LogP contribution in [0.1, 0.15) is 31.2 Å². The van der Waals surface area contributed by atoms with Gasteiger partial charge in [-0.3, -0.25) is 14.5 Å².